The van der Waals surface area contributed by atoms with E-state index in [0.29, 0.717) is 5.02 Å². The number of rotatable bonds is 2. The number of halogens is 1. The van der Waals surface area contributed by atoms with E-state index in [1.807, 2.05) is 5.32 Å². The average molecular weight is 213 g/mol. The summed E-state index contributed by atoms with van der Waals surface area (Å²) < 4.78 is 0. The topological polar surface area (TPSA) is 72.2 Å². The Hall–Kier alpha value is -1.55. The van der Waals surface area contributed by atoms with Crippen LogP contribution < -0.4 is 11.1 Å². The van der Waals surface area contributed by atoms with Crippen molar-refractivity contribution in [1.82, 2.24) is 5.32 Å². The fraction of sp³-hybridized carbons (Fsp3) is 0.111. The third-order valence-corrected chi connectivity index (χ3v) is 1.79. The maximum atomic E-state index is 11.1. The lowest BCUT2D eigenvalue weighted by molar-refractivity contribution is -0.119. The van der Waals surface area contributed by atoms with Gasteiger partial charge in [0.05, 0.1) is 6.42 Å². The SMILES string of the molecule is NC(=O)NC(=O)Cc1ccc(Cl)cc1. The smallest absolute Gasteiger partial charge is 0.318 e. The molecule has 0 aliphatic heterocycles. The molecule has 0 heterocycles. The molecule has 0 bridgehead atoms. The van der Waals surface area contributed by atoms with E-state index in [-0.39, 0.29) is 6.42 Å². The van der Waals surface area contributed by atoms with E-state index in [1.54, 1.807) is 24.3 Å². The fourth-order valence-electron chi connectivity index (χ4n) is 0.969. The van der Waals surface area contributed by atoms with Gasteiger partial charge in [-0.1, -0.05) is 23.7 Å². The van der Waals surface area contributed by atoms with Crippen molar-refractivity contribution in [3.63, 3.8) is 0 Å². The summed E-state index contributed by atoms with van der Waals surface area (Å²) in [7, 11) is 0. The Morgan fingerprint density at radius 2 is 1.86 bits per heavy atom. The second kappa shape index (κ2) is 4.62. The maximum absolute atomic E-state index is 11.1. The van der Waals surface area contributed by atoms with Crippen LogP contribution in [-0.2, 0) is 11.2 Å². The molecular formula is C9H9ClN2O2. The minimum absolute atomic E-state index is 0.111. The van der Waals surface area contributed by atoms with Crippen LogP contribution in [0.15, 0.2) is 24.3 Å². The van der Waals surface area contributed by atoms with Crippen LogP contribution in [0.5, 0.6) is 0 Å². The molecule has 3 N–H and O–H groups in total. The summed E-state index contributed by atoms with van der Waals surface area (Å²) in [6.07, 6.45) is 0.111. The van der Waals surface area contributed by atoms with Crippen LogP contribution in [0.4, 0.5) is 4.79 Å². The number of hydrogen-bond acceptors (Lipinski definition) is 2. The van der Waals surface area contributed by atoms with Crippen molar-refractivity contribution in [2.24, 2.45) is 5.73 Å². The lowest BCUT2D eigenvalue weighted by Gasteiger charge is -2.00. The van der Waals surface area contributed by atoms with Crippen LogP contribution in [0, 0.1) is 0 Å². The van der Waals surface area contributed by atoms with Crippen molar-refractivity contribution in [2.75, 3.05) is 0 Å². The third kappa shape index (κ3) is 3.45. The largest absolute Gasteiger partial charge is 0.351 e. The van der Waals surface area contributed by atoms with Crippen LogP contribution in [0.3, 0.4) is 0 Å². The monoisotopic (exact) mass is 212 g/mol. The molecule has 4 nitrogen and oxygen atoms in total. The molecule has 1 rings (SSSR count). The van der Waals surface area contributed by atoms with Crippen LogP contribution in [0.25, 0.3) is 0 Å². The first-order valence-corrected chi connectivity index (χ1v) is 4.29. The molecule has 0 radical (unpaired) electrons. The summed E-state index contributed by atoms with van der Waals surface area (Å²) in [6, 6.07) is 5.93. The number of imide groups is 1. The number of carbonyl (C=O) groups excluding carboxylic acids is 2. The van der Waals surface area contributed by atoms with Crippen molar-refractivity contribution in [3.05, 3.63) is 34.9 Å². The van der Waals surface area contributed by atoms with Crippen molar-refractivity contribution >= 4 is 23.5 Å². The van der Waals surface area contributed by atoms with Crippen LogP contribution >= 0.6 is 11.6 Å². The fourth-order valence-corrected chi connectivity index (χ4v) is 1.10. The highest BCUT2D eigenvalue weighted by Crippen LogP contribution is 2.09. The van der Waals surface area contributed by atoms with Gasteiger partial charge in [0.2, 0.25) is 5.91 Å². The van der Waals surface area contributed by atoms with Gasteiger partial charge in [-0.25, -0.2) is 4.79 Å². The third-order valence-electron chi connectivity index (χ3n) is 1.54. The lowest BCUT2D eigenvalue weighted by atomic mass is 10.1. The quantitative estimate of drug-likeness (QED) is 0.770. The number of nitrogens with one attached hydrogen (secondary N) is 1. The molecule has 1 aromatic rings. The Morgan fingerprint density at radius 3 is 2.36 bits per heavy atom. The van der Waals surface area contributed by atoms with Crippen molar-refractivity contribution in [1.29, 1.82) is 0 Å². The number of amides is 3. The molecule has 1 aromatic carbocycles. The van der Waals surface area contributed by atoms with E-state index in [0.717, 1.165) is 5.56 Å². The Kier molecular flexibility index (Phi) is 3.48. The van der Waals surface area contributed by atoms with E-state index in [9.17, 15) is 9.59 Å². The first kappa shape index (κ1) is 10.5. The average Bonchev–Trinajstić information content (AvgIpc) is 2.07. The molecule has 74 valence electrons. The highest BCUT2D eigenvalue weighted by molar-refractivity contribution is 6.30. The van der Waals surface area contributed by atoms with Gasteiger partial charge in [-0.2, -0.15) is 0 Å². The zero-order chi connectivity index (χ0) is 10.6. The summed E-state index contributed by atoms with van der Waals surface area (Å²) in [5, 5.41) is 2.57. The summed E-state index contributed by atoms with van der Waals surface area (Å²) >= 11 is 5.66. The first-order valence-electron chi connectivity index (χ1n) is 3.91. The zero-order valence-corrected chi connectivity index (χ0v) is 8.04. The van der Waals surface area contributed by atoms with Crippen molar-refractivity contribution in [2.45, 2.75) is 6.42 Å². The first-order chi connectivity index (χ1) is 6.58. The second-order valence-corrected chi connectivity index (χ2v) is 3.15. The van der Waals surface area contributed by atoms with Crippen LogP contribution in [0.1, 0.15) is 5.56 Å². The van der Waals surface area contributed by atoms with Crippen LogP contribution in [-0.4, -0.2) is 11.9 Å². The lowest BCUT2D eigenvalue weighted by Crippen LogP contribution is -2.35. The van der Waals surface area contributed by atoms with Gasteiger partial charge in [-0.15, -0.1) is 0 Å². The number of primary amides is 1. The predicted molar refractivity (Wildman–Crippen MR) is 52.9 cm³/mol. The molecule has 3 amide bonds. The minimum atomic E-state index is -0.844. The number of hydrogen-bond donors (Lipinski definition) is 2. The number of benzene rings is 1. The van der Waals surface area contributed by atoms with Gasteiger partial charge in [0.1, 0.15) is 0 Å². The Balaban J connectivity index is 2.56. The van der Waals surface area contributed by atoms with Crippen molar-refractivity contribution in [3.8, 4) is 0 Å². The standard InChI is InChI=1S/C9H9ClN2O2/c10-7-3-1-6(2-4-7)5-8(13)12-9(11)14/h1-4H,5H2,(H3,11,12,13,14). The zero-order valence-electron chi connectivity index (χ0n) is 7.29. The molecule has 0 fully saturated rings. The van der Waals surface area contributed by atoms with Gasteiger partial charge in [0.25, 0.3) is 0 Å². The second-order valence-electron chi connectivity index (χ2n) is 2.72. The molecule has 5 heteroatoms. The number of urea groups is 1. The van der Waals surface area contributed by atoms with Crippen LogP contribution in [0.2, 0.25) is 5.02 Å². The number of carbonyl (C=O) groups is 2. The summed E-state index contributed by atoms with van der Waals surface area (Å²) in [4.78, 5) is 21.4. The summed E-state index contributed by atoms with van der Waals surface area (Å²) in [5.41, 5.74) is 5.55. The van der Waals surface area contributed by atoms with E-state index < -0.39 is 11.9 Å². The number of nitrogens with two attached hydrogens (primary N) is 1. The summed E-state index contributed by atoms with van der Waals surface area (Å²) in [6.45, 7) is 0. The van der Waals surface area contributed by atoms with Crippen molar-refractivity contribution < 1.29 is 9.59 Å². The highest BCUT2D eigenvalue weighted by Gasteiger charge is 2.04. The molecule has 0 aliphatic rings. The van der Waals surface area contributed by atoms with Gasteiger partial charge < -0.3 is 5.73 Å². The Labute approximate surface area is 86.0 Å². The van der Waals surface area contributed by atoms with Gasteiger partial charge in [-0.05, 0) is 17.7 Å². The molecule has 0 saturated carbocycles. The van der Waals surface area contributed by atoms with Gasteiger partial charge in [-0.3, -0.25) is 10.1 Å². The molecule has 0 saturated heterocycles. The predicted octanol–water partition coefficient (Wildman–Crippen LogP) is 1.08. The summed E-state index contributed by atoms with van der Waals surface area (Å²) in [5.74, 6) is -0.431. The van der Waals surface area contributed by atoms with E-state index in [1.165, 1.54) is 0 Å². The van der Waals surface area contributed by atoms with Gasteiger partial charge >= 0.3 is 6.03 Å². The van der Waals surface area contributed by atoms with E-state index >= 15 is 0 Å². The molecular weight excluding hydrogens is 204 g/mol. The molecule has 14 heavy (non-hydrogen) atoms. The molecule has 0 aromatic heterocycles. The Morgan fingerprint density at radius 1 is 1.29 bits per heavy atom. The van der Waals surface area contributed by atoms with Gasteiger partial charge in [0.15, 0.2) is 0 Å². The van der Waals surface area contributed by atoms with Gasteiger partial charge in [0, 0.05) is 5.02 Å². The molecule has 0 aliphatic carbocycles. The molecule has 0 atom stereocenters. The Bertz CT molecular complexity index is 348. The molecule has 0 spiro atoms. The van der Waals surface area contributed by atoms with E-state index in [4.69, 9.17) is 17.3 Å². The minimum Gasteiger partial charge on any atom is -0.351 e. The molecule has 0 unspecified atom stereocenters. The normalized spacial score (nSPS) is 9.50. The highest BCUT2D eigenvalue weighted by atomic mass is 35.5. The van der Waals surface area contributed by atoms with E-state index in [2.05, 4.69) is 0 Å². The maximum Gasteiger partial charge on any atom is 0.318 e.